The minimum Gasteiger partial charge on any atom is -0.396 e. The molecule has 23 heavy (non-hydrogen) atoms. The number of guanidine groups is 1. The first-order valence-corrected chi connectivity index (χ1v) is 9.49. The standard InChI is InChI=1S/C18H35N3O2/c1-2-19-17(20-11-13-23-14-16-6-7-16)21-15-18(10-12-22)8-4-3-5-9-18/h16,22H,2-15H2,1H3,(H2,19,20,21). The van der Waals surface area contributed by atoms with Gasteiger partial charge in [0.25, 0.3) is 0 Å². The summed E-state index contributed by atoms with van der Waals surface area (Å²) in [7, 11) is 0. The molecule has 0 amide bonds. The number of ether oxygens (including phenoxy) is 1. The molecule has 2 aliphatic carbocycles. The molecular weight excluding hydrogens is 290 g/mol. The molecule has 0 radical (unpaired) electrons. The average molecular weight is 325 g/mol. The molecule has 0 spiro atoms. The molecule has 0 aliphatic heterocycles. The molecule has 0 aromatic rings. The largest absolute Gasteiger partial charge is 0.396 e. The highest BCUT2D eigenvalue weighted by molar-refractivity contribution is 5.79. The van der Waals surface area contributed by atoms with Crippen molar-refractivity contribution in [1.82, 2.24) is 10.6 Å². The molecule has 0 aromatic carbocycles. The Kier molecular flexibility index (Phi) is 8.17. The maximum absolute atomic E-state index is 9.41. The Morgan fingerprint density at radius 1 is 1.22 bits per heavy atom. The molecule has 0 saturated heterocycles. The van der Waals surface area contributed by atoms with Crippen LogP contribution in [0.4, 0.5) is 0 Å². The normalized spacial score (nSPS) is 21.2. The average Bonchev–Trinajstić information content (AvgIpc) is 3.38. The molecule has 3 N–H and O–H groups in total. The predicted octanol–water partition coefficient (Wildman–Crippen LogP) is 2.30. The monoisotopic (exact) mass is 325 g/mol. The lowest BCUT2D eigenvalue weighted by Gasteiger charge is -2.35. The molecular formula is C18H35N3O2. The fourth-order valence-electron chi connectivity index (χ4n) is 3.39. The highest BCUT2D eigenvalue weighted by atomic mass is 16.5. The number of aliphatic hydroxyl groups excluding tert-OH is 1. The summed E-state index contributed by atoms with van der Waals surface area (Å²) in [5.41, 5.74) is 0.206. The zero-order chi connectivity index (χ0) is 16.4. The van der Waals surface area contributed by atoms with Gasteiger partial charge in [-0.3, -0.25) is 4.99 Å². The number of nitrogens with one attached hydrogen (secondary N) is 2. The zero-order valence-electron chi connectivity index (χ0n) is 14.8. The van der Waals surface area contributed by atoms with E-state index < -0.39 is 0 Å². The van der Waals surface area contributed by atoms with Crippen molar-refractivity contribution in [2.24, 2.45) is 16.3 Å². The fraction of sp³-hybridized carbons (Fsp3) is 0.944. The van der Waals surface area contributed by atoms with Crippen LogP contribution in [0.2, 0.25) is 0 Å². The third-order valence-electron chi connectivity index (χ3n) is 5.06. The summed E-state index contributed by atoms with van der Waals surface area (Å²) in [4.78, 5) is 4.80. The van der Waals surface area contributed by atoms with Crippen molar-refractivity contribution < 1.29 is 9.84 Å². The Morgan fingerprint density at radius 3 is 2.65 bits per heavy atom. The van der Waals surface area contributed by atoms with Gasteiger partial charge in [-0.1, -0.05) is 19.3 Å². The molecule has 134 valence electrons. The first-order valence-electron chi connectivity index (χ1n) is 9.49. The highest BCUT2D eigenvalue weighted by Gasteiger charge is 2.31. The van der Waals surface area contributed by atoms with Crippen LogP contribution in [0.1, 0.15) is 58.3 Å². The number of nitrogens with zero attached hydrogens (tertiary/aromatic N) is 1. The van der Waals surface area contributed by atoms with E-state index in [9.17, 15) is 5.11 Å². The maximum atomic E-state index is 9.41. The van der Waals surface area contributed by atoms with Gasteiger partial charge in [-0.2, -0.15) is 0 Å². The van der Waals surface area contributed by atoms with Crippen molar-refractivity contribution in [2.75, 3.05) is 39.5 Å². The van der Waals surface area contributed by atoms with E-state index in [1.54, 1.807) is 0 Å². The summed E-state index contributed by atoms with van der Waals surface area (Å²) in [5, 5.41) is 16.1. The number of aliphatic imine (C=N–C) groups is 1. The van der Waals surface area contributed by atoms with E-state index in [-0.39, 0.29) is 12.0 Å². The molecule has 2 fully saturated rings. The van der Waals surface area contributed by atoms with E-state index in [0.717, 1.165) is 51.1 Å². The second-order valence-corrected chi connectivity index (χ2v) is 7.17. The summed E-state index contributed by atoms with van der Waals surface area (Å²) in [6.45, 7) is 6.48. The van der Waals surface area contributed by atoms with Crippen LogP contribution in [0, 0.1) is 11.3 Å². The topological polar surface area (TPSA) is 65.9 Å². The Hall–Kier alpha value is -0.810. The Balaban J connectivity index is 1.75. The van der Waals surface area contributed by atoms with Gasteiger partial charge in [-0.15, -0.1) is 0 Å². The van der Waals surface area contributed by atoms with E-state index >= 15 is 0 Å². The quantitative estimate of drug-likeness (QED) is 0.328. The molecule has 0 unspecified atom stereocenters. The second kappa shape index (κ2) is 10.1. The van der Waals surface area contributed by atoms with E-state index in [1.165, 1.54) is 44.9 Å². The van der Waals surface area contributed by atoms with Crippen LogP contribution in [-0.2, 0) is 4.74 Å². The highest BCUT2D eigenvalue weighted by Crippen LogP contribution is 2.39. The third-order valence-corrected chi connectivity index (χ3v) is 5.06. The third kappa shape index (κ3) is 7.08. The lowest BCUT2D eigenvalue weighted by atomic mass is 9.72. The minimum absolute atomic E-state index is 0.206. The molecule has 5 nitrogen and oxygen atoms in total. The van der Waals surface area contributed by atoms with Gasteiger partial charge < -0.3 is 20.5 Å². The van der Waals surface area contributed by atoms with Gasteiger partial charge in [-0.05, 0) is 50.4 Å². The van der Waals surface area contributed by atoms with Crippen molar-refractivity contribution in [2.45, 2.75) is 58.3 Å². The first kappa shape index (κ1) is 18.5. The molecule has 5 heteroatoms. The number of aliphatic hydroxyl groups is 1. The van der Waals surface area contributed by atoms with E-state index in [2.05, 4.69) is 17.6 Å². The number of hydrogen-bond donors (Lipinski definition) is 3. The van der Waals surface area contributed by atoms with Gasteiger partial charge in [0, 0.05) is 32.8 Å². The lowest BCUT2D eigenvalue weighted by molar-refractivity contribution is 0.128. The number of rotatable bonds is 10. The molecule has 0 atom stereocenters. The van der Waals surface area contributed by atoms with Crippen LogP contribution in [0.25, 0.3) is 0 Å². The van der Waals surface area contributed by atoms with Crippen LogP contribution in [-0.4, -0.2) is 50.5 Å². The molecule has 2 aliphatic rings. The van der Waals surface area contributed by atoms with Crippen LogP contribution in [0.3, 0.4) is 0 Å². The maximum Gasteiger partial charge on any atom is 0.191 e. The van der Waals surface area contributed by atoms with Crippen molar-refractivity contribution >= 4 is 5.96 Å². The van der Waals surface area contributed by atoms with Crippen LogP contribution in [0.15, 0.2) is 4.99 Å². The van der Waals surface area contributed by atoms with Gasteiger partial charge in [0.1, 0.15) is 0 Å². The van der Waals surface area contributed by atoms with Crippen LogP contribution in [0.5, 0.6) is 0 Å². The Labute approximate surface area is 141 Å². The molecule has 0 heterocycles. The SMILES string of the molecule is CCNC(=NCC1(CCO)CCCCC1)NCCOCC1CC1. The smallest absolute Gasteiger partial charge is 0.191 e. The summed E-state index contributed by atoms with van der Waals surface area (Å²) in [6, 6.07) is 0. The van der Waals surface area contributed by atoms with Crippen LogP contribution < -0.4 is 10.6 Å². The molecule has 0 aromatic heterocycles. The Bertz CT molecular complexity index is 345. The lowest BCUT2D eigenvalue weighted by Crippen LogP contribution is -2.40. The van der Waals surface area contributed by atoms with E-state index in [0.29, 0.717) is 0 Å². The summed E-state index contributed by atoms with van der Waals surface area (Å²) >= 11 is 0. The fourth-order valence-corrected chi connectivity index (χ4v) is 3.39. The van der Waals surface area contributed by atoms with Gasteiger partial charge in [0.05, 0.1) is 6.61 Å². The van der Waals surface area contributed by atoms with E-state index in [1.807, 2.05) is 0 Å². The summed E-state index contributed by atoms with van der Waals surface area (Å²) in [5.74, 6) is 1.70. The van der Waals surface area contributed by atoms with Crippen molar-refractivity contribution in [1.29, 1.82) is 0 Å². The zero-order valence-corrected chi connectivity index (χ0v) is 14.8. The minimum atomic E-state index is 0.206. The van der Waals surface area contributed by atoms with Gasteiger partial charge in [-0.25, -0.2) is 0 Å². The molecule has 2 rings (SSSR count). The van der Waals surface area contributed by atoms with Gasteiger partial charge in [0.2, 0.25) is 0 Å². The second-order valence-electron chi connectivity index (χ2n) is 7.17. The first-order chi connectivity index (χ1) is 11.3. The van der Waals surface area contributed by atoms with Gasteiger partial charge >= 0.3 is 0 Å². The van der Waals surface area contributed by atoms with Crippen LogP contribution >= 0.6 is 0 Å². The van der Waals surface area contributed by atoms with Crippen molar-refractivity contribution in [3.8, 4) is 0 Å². The van der Waals surface area contributed by atoms with Crippen molar-refractivity contribution in [3.63, 3.8) is 0 Å². The molecule has 0 bridgehead atoms. The predicted molar refractivity (Wildman–Crippen MR) is 94.7 cm³/mol. The molecule has 2 saturated carbocycles. The van der Waals surface area contributed by atoms with Gasteiger partial charge in [0.15, 0.2) is 5.96 Å². The van der Waals surface area contributed by atoms with Crippen molar-refractivity contribution in [3.05, 3.63) is 0 Å². The summed E-state index contributed by atoms with van der Waals surface area (Å²) < 4.78 is 5.66. The Morgan fingerprint density at radius 2 is 2.00 bits per heavy atom. The van der Waals surface area contributed by atoms with E-state index in [4.69, 9.17) is 9.73 Å². The summed E-state index contributed by atoms with van der Waals surface area (Å²) in [6.07, 6.45) is 9.81. The number of hydrogen-bond acceptors (Lipinski definition) is 3.